The molecule has 3 heteroatoms. The van der Waals surface area contributed by atoms with Crippen LogP contribution in [0, 0.1) is 11.8 Å². The fourth-order valence-electron chi connectivity index (χ4n) is 2.09. The zero-order chi connectivity index (χ0) is 11.3. The molecule has 0 spiro atoms. The highest BCUT2D eigenvalue weighted by Gasteiger charge is 2.25. The highest BCUT2D eigenvalue weighted by molar-refractivity contribution is 5.83. The van der Waals surface area contributed by atoms with Gasteiger partial charge in [-0.05, 0) is 45.4 Å². The van der Waals surface area contributed by atoms with Gasteiger partial charge in [-0.25, -0.2) is 5.43 Å². The lowest BCUT2D eigenvalue weighted by Gasteiger charge is -2.26. The van der Waals surface area contributed by atoms with Crippen LogP contribution in [0.25, 0.3) is 0 Å². The minimum absolute atomic E-state index is 0.103. The number of rotatable bonds is 3. The maximum Gasteiger partial charge on any atom is 0.243 e. The van der Waals surface area contributed by atoms with Crippen LogP contribution >= 0.6 is 0 Å². The summed E-state index contributed by atoms with van der Waals surface area (Å²) in [5.41, 5.74) is 3.53. The summed E-state index contributed by atoms with van der Waals surface area (Å²) in [5.74, 6) is 1.13. The molecule has 0 aromatic rings. The van der Waals surface area contributed by atoms with Crippen molar-refractivity contribution >= 4 is 11.6 Å². The zero-order valence-corrected chi connectivity index (χ0v) is 10.0. The van der Waals surface area contributed by atoms with Crippen LogP contribution in [0.5, 0.6) is 0 Å². The topological polar surface area (TPSA) is 41.5 Å². The molecular formula is C12H22N2O. The lowest BCUT2D eigenvalue weighted by atomic mass is 9.80. The Hall–Kier alpha value is -0.860. The molecule has 0 aliphatic heterocycles. The third-order valence-electron chi connectivity index (χ3n) is 3.18. The lowest BCUT2D eigenvalue weighted by Crippen LogP contribution is -2.30. The van der Waals surface area contributed by atoms with E-state index in [1.165, 1.54) is 19.3 Å². The molecule has 0 radical (unpaired) electrons. The summed E-state index contributed by atoms with van der Waals surface area (Å²) in [6, 6.07) is 0. The van der Waals surface area contributed by atoms with Gasteiger partial charge < -0.3 is 0 Å². The van der Waals surface area contributed by atoms with Crippen LogP contribution in [0.1, 0.15) is 52.9 Å². The Morgan fingerprint density at radius 2 is 1.87 bits per heavy atom. The Labute approximate surface area is 92.3 Å². The van der Waals surface area contributed by atoms with E-state index in [0.29, 0.717) is 0 Å². The number of nitrogens with zero attached hydrogens (tertiary/aromatic N) is 1. The summed E-state index contributed by atoms with van der Waals surface area (Å²) in [4.78, 5) is 11.7. The maximum absolute atomic E-state index is 11.7. The summed E-state index contributed by atoms with van der Waals surface area (Å²) in [6.07, 6.45) is 5.71. The van der Waals surface area contributed by atoms with Gasteiger partial charge in [0.25, 0.3) is 0 Å². The van der Waals surface area contributed by atoms with E-state index in [1.54, 1.807) is 0 Å². The van der Waals surface area contributed by atoms with Gasteiger partial charge in [0.2, 0.25) is 5.91 Å². The Morgan fingerprint density at radius 3 is 2.33 bits per heavy atom. The highest BCUT2D eigenvalue weighted by Crippen LogP contribution is 2.30. The zero-order valence-electron chi connectivity index (χ0n) is 10.0. The quantitative estimate of drug-likeness (QED) is 0.564. The number of hydrogen-bond donors (Lipinski definition) is 1. The first-order valence-electron chi connectivity index (χ1n) is 5.94. The van der Waals surface area contributed by atoms with Gasteiger partial charge in [-0.3, -0.25) is 4.79 Å². The van der Waals surface area contributed by atoms with Crippen molar-refractivity contribution in [3.63, 3.8) is 0 Å². The van der Waals surface area contributed by atoms with Gasteiger partial charge in [-0.15, -0.1) is 0 Å². The number of carbonyl (C=O) groups is 1. The highest BCUT2D eigenvalue weighted by atomic mass is 16.2. The molecular weight excluding hydrogens is 188 g/mol. The number of hydrazone groups is 1. The van der Waals surface area contributed by atoms with Gasteiger partial charge >= 0.3 is 0 Å². The van der Waals surface area contributed by atoms with Crippen molar-refractivity contribution in [2.45, 2.75) is 52.9 Å². The molecule has 1 rings (SSSR count). The Morgan fingerprint density at radius 1 is 1.27 bits per heavy atom. The van der Waals surface area contributed by atoms with E-state index in [4.69, 9.17) is 0 Å². The van der Waals surface area contributed by atoms with E-state index < -0.39 is 0 Å². The Kier molecular flexibility index (Phi) is 4.79. The molecule has 0 atom stereocenters. The van der Waals surface area contributed by atoms with Crippen LogP contribution in [-0.2, 0) is 4.79 Å². The predicted molar refractivity (Wildman–Crippen MR) is 62.7 cm³/mol. The molecule has 3 nitrogen and oxygen atoms in total. The van der Waals surface area contributed by atoms with Gasteiger partial charge in [0, 0.05) is 11.6 Å². The normalized spacial score (nSPS) is 25.8. The van der Waals surface area contributed by atoms with Gasteiger partial charge in [0.05, 0.1) is 0 Å². The lowest BCUT2D eigenvalue weighted by molar-refractivity contribution is -0.126. The third-order valence-corrected chi connectivity index (χ3v) is 3.18. The summed E-state index contributed by atoms with van der Waals surface area (Å²) < 4.78 is 0. The maximum atomic E-state index is 11.7. The van der Waals surface area contributed by atoms with E-state index in [9.17, 15) is 4.79 Å². The van der Waals surface area contributed by atoms with Gasteiger partial charge in [0.1, 0.15) is 0 Å². The second kappa shape index (κ2) is 5.89. The first-order chi connectivity index (χ1) is 7.13. The van der Waals surface area contributed by atoms with Crippen LogP contribution < -0.4 is 5.43 Å². The SMILES string of the molecule is CCC1CCC(C(=O)NN=C(C)C)CC1. The fraction of sp³-hybridized carbons (Fsp3) is 0.833. The molecule has 0 saturated heterocycles. The van der Waals surface area contributed by atoms with Crippen molar-refractivity contribution in [3.05, 3.63) is 0 Å². The van der Waals surface area contributed by atoms with Gasteiger partial charge in [-0.1, -0.05) is 13.3 Å². The van der Waals surface area contributed by atoms with Crippen molar-refractivity contribution in [3.8, 4) is 0 Å². The van der Waals surface area contributed by atoms with E-state index >= 15 is 0 Å². The van der Waals surface area contributed by atoms with Crippen molar-refractivity contribution in [2.75, 3.05) is 0 Å². The molecule has 0 unspecified atom stereocenters. The first-order valence-corrected chi connectivity index (χ1v) is 5.94. The van der Waals surface area contributed by atoms with Crippen LogP contribution in [0.15, 0.2) is 5.10 Å². The molecule has 86 valence electrons. The van der Waals surface area contributed by atoms with E-state index in [1.807, 2.05) is 13.8 Å². The van der Waals surface area contributed by atoms with Gasteiger partial charge in [0.15, 0.2) is 0 Å². The first kappa shape index (κ1) is 12.2. The van der Waals surface area contributed by atoms with E-state index in [0.717, 1.165) is 24.5 Å². The standard InChI is InChI=1S/C12H22N2O/c1-4-10-5-7-11(8-6-10)12(15)14-13-9(2)3/h10-11H,4-8H2,1-3H3,(H,14,15). The van der Waals surface area contributed by atoms with Crippen molar-refractivity contribution in [2.24, 2.45) is 16.9 Å². The number of carbonyl (C=O) groups excluding carboxylic acids is 1. The fourth-order valence-corrected chi connectivity index (χ4v) is 2.09. The molecule has 1 N–H and O–H groups in total. The largest absolute Gasteiger partial charge is 0.273 e. The molecule has 1 fully saturated rings. The second-order valence-electron chi connectivity index (χ2n) is 4.66. The van der Waals surface area contributed by atoms with Crippen LogP contribution in [-0.4, -0.2) is 11.6 Å². The summed E-state index contributed by atoms with van der Waals surface area (Å²) in [5, 5.41) is 3.96. The number of hydrogen-bond acceptors (Lipinski definition) is 2. The molecule has 0 heterocycles. The predicted octanol–water partition coefficient (Wildman–Crippen LogP) is 2.71. The van der Waals surface area contributed by atoms with Crippen molar-refractivity contribution in [1.29, 1.82) is 0 Å². The number of amides is 1. The molecule has 1 aliphatic rings. The van der Waals surface area contributed by atoms with Crippen molar-refractivity contribution < 1.29 is 4.79 Å². The molecule has 0 aromatic carbocycles. The number of nitrogens with one attached hydrogen (secondary N) is 1. The van der Waals surface area contributed by atoms with Crippen LogP contribution in [0.2, 0.25) is 0 Å². The monoisotopic (exact) mass is 210 g/mol. The molecule has 1 aliphatic carbocycles. The Balaban J connectivity index is 2.33. The average molecular weight is 210 g/mol. The summed E-state index contributed by atoms with van der Waals surface area (Å²) in [7, 11) is 0. The minimum atomic E-state index is 0.103. The average Bonchev–Trinajstić information content (AvgIpc) is 2.26. The van der Waals surface area contributed by atoms with Gasteiger partial charge in [-0.2, -0.15) is 5.10 Å². The van der Waals surface area contributed by atoms with E-state index in [-0.39, 0.29) is 11.8 Å². The van der Waals surface area contributed by atoms with E-state index in [2.05, 4.69) is 17.5 Å². The van der Waals surface area contributed by atoms with Crippen LogP contribution in [0.3, 0.4) is 0 Å². The summed E-state index contributed by atoms with van der Waals surface area (Å²) in [6.45, 7) is 6.00. The molecule has 1 amide bonds. The van der Waals surface area contributed by atoms with Crippen LogP contribution in [0.4, 0.5) is 0 Å². The Bertz CT molecular complexity index is 236. The molecule has 15 heavy (non-hydrogen) atoms. The molecule has 1 saturated carbocycles. The smallest absolute Gasteiger partial charge is 0.243 e. The second-order valence-corrected chi connectivity index (χ2v) is 4.66. The molecule has 0 bridgehead atoms. The minimum Gasteiger partial charge on any atom is -0.273 e. The molecule has 0 aromatic heterocycles. The third kappa shape index (κ3) is 4.02. The summed E-state index contributed by atoms with van der Waals surface area (Å²) >= 11 is 0. The van der Waals surface area contributed by atoms with Crippen molar-refractivity contribution in [1.82, 2.24) is 5.43 Å².